The maximum atomic E-state index is 12.9. The van der Waals surface area contributed by atoms with Gasteiger partial charge in [0, 0.05) is 23.3 Å². The summed E-state index contributed by atoms with van der Waals surface area (Å²) < 4.78 is 39.0. The van der Waals surface area contributed by atoms with Gasteiger partial charge >= 0.3 is 18.1 Å². The van der Waals surface area contributed by atoms with Crippen molar-refractivity contribution in [2.45, 2.75) is 12.3 Å². The van der Waals surface area contributed by atoms with Gasteiger partial charge in [-0.05, 0) is 24.3 Å². The van der Waals surface area contributed by atoms with Crippen molar-refractivity contribution in [3.63, 3.8) is 0 Å². The van der Waals surface area contributed by atoms with Crippen LogP contribution in [0.4, 0.5) is 13.2 Å². The van der Waals surface area contributed by atoms with Crippen LogP contribution < -0.4 is 10.9 Å². The zero-order valence-corrected chi connectivity index (χ0v) is 14.9. The average Bonchev–Trinajstić information content (AvgIpc) is 2.71. The average molecular weight is 419 g/mol. The number of carbonyl (C=O) groups excluding carboxylic acids is 2. The Morgan fingerprint density at radius 3 is 2.33 bits per heavy atom. The Morgan fingerprint density at radius 1 is 1.07 bits per heavy atom. The smallest absolute Gasteiger partial charge is 0.416 e. The predicted molar refractivity (Wildman–Crippen MR) is 96.6 cm³/mol. The Kier molecular flexibility index (Phi) is 5.37. The van der Waals surface area contributed by atoms with Crippen LogP contribution in [0.3, 0.4) is 0 Å². The number of aromatic nitrogens is 2. The molecular formula is C19H12F3N3O5. The number of rotatable bonds is 4. The Balaban J connectivity index is 2.08. The Bertz CT molecular complexity index is 1200. The van der Waals surface area contributed by atoms with Crippen LogP contribution in [0.1, 0.15) is 22.1 Å². The fraction of sp³-hybridized carbons (Fsp3) is 0.105. The summed E-state index contributed by atoms with van der Waals surface area (Å²) in [7, 11) is 0. The Morgan fingerprint density at radius 2 is 1.73 bits per heavy atom. The second-order valence-corrected chi connectivity index (χ2v) is 6.09. The number of carboxylic acid groups (broad SMARTS) is 1. The van der Waals surface area contributed by atoms with Crippen LogP contribution in [0.2, 0.25) is 0 Å². The highest BCUT2D eigenvalue weighted by molar-refractivity contribution is 6.32. The molecule has 0 saturated carbocycles. The van der Waals surface area contributed by atoms with Gasteiger partial charge in [0.05, 0.1) is 5.56 Å². The van der Waals surface area contributed by atoms with Crippen molar-refractivity contribution >= 4 is 28.6 Å². The molecule has 8 nitrogen and oxygen atoms in total. The number of alkyl halides is 3. The second kappa shape index (κ2) is 7.78. The highest BCUT2D eigenvalue weighted by Crippen LogP contribution is 2.29. The fourth-order valence-electron chi connectivity index (χ4n) is 2.71. The normalized spacial score (nSPS) is 12.4. The number of amides is 1. The number of benzene rings is 1. The maximum absolute atomic E-state index is 12.9. The number of fused-ring (bicyclic) bond motifs is 1. The van der Waals surface area contributed by atoms with Crippen LogP contribution >= 0.6 is 0 Å². The lowest BCUT2D eigenvalue weighted by molar-refractivity contribution is -0.150. The SMILES string of the molecule is O=C(O)C(=O)NC(C(=O)c1ccc(C(F)(F)F)cc1)n1ccc2cccnc2c1=O. The third-order valence-corrected chi connectivity index (χ3v) is 4.18. The minimum absolute atomic E-state index is 0.0465. The van der Waals surface area contributed by atoms with Gasteiger partial charge in [0.2, 0.25) is 5.78 Å². The molecule has 3 aromatic rings. The molecule has 0 saturated heterocycles. The molecule has 1 unspecified atom stereocenters. The molecule has 1 atom stereocenters. The number of carbonyl (C=O) groups is 3. The first-order chi connectivity index (χ1) is 14.1. The number of carboxylic acids is 1. The first kappa shape index (κ1) is 20.7. The first-order valence-electron chi connectivity index (χ1n) is 8.30. The minimum atomic E-state index is -4.63. The van der Waals surface area contributed by atoms with E-state index in [0.29, 0.717) is 17.5 Å². The van der Waals surface area contributed by atoms with Gasteiger partial charge < -0.3 is 10.4 Å². The number of ketones is 1. The number of pyridine rings is 2. The number of nitrogens with one attached hydrogen (secondary N) is 1. The van der Waals surface area contributed by atoms with E-state index in [9.17, 15) is 32.3 Å². The van der Waals surface area contributed by atoms with Crippen molar-refractivity contribution in [2.75, 3.05) is 0 Å². The third kappa shape index (κ3) is 4.04. The summed E-state index contributed by atoms with van der Waals surface area (Å²) in [5.41, 5.74) is -2.12. The van der Waals surface area contributed by atoms with Gasteiger partial charge in [-0.2, -0.15) is 13.2 Å². The number of hydrogen-bond acceptors (Lipinski definition) is 5. The summed E-state index contributed by atoms with van der Waals surface area (Å²) in [5.74, 6) is -4.48. The molecule has 30 heavy (non-hydrogen) atoms. The number of halogens is 3. The van der Waals surface area contributed by atoms with E-state index in [1.165, 1.54) is 12.3 Å². The first-order valence-corrected chi connectivity index (χ1v) is 8.30. The van der Waals surface area contributed by atoms with Crippen LogP contribution in [0.25, 0.3) is 10.9 Å². The van der Waals surface area contributed by atoms with E-state index in [0.717, 1.165) is 22.9 Å². The lowest BCUT2D eigenvalue weighted by Gasteiger charge is -2.20. The molecule has 3 rings (SSSR count). The van der Waals surface area contributed by atoms with E-state index < -0.39 is 41.1 Å². The van der Waals surface area contributed by atoms with E-state index in [1.54, 1.807) is 12.1 Å². The van der Waals surface area contributed by atoms with Gasteiger partial charge in [0.15, 0.2) is 6.17 Å². The molecule has 0 radical (unpaired) electrons. The summed E-state index contributed by atoms with van der Waals surface area (Å²) in [6.07, 6.45) is -3.96. The van der Waals surface area contributed by atoms with Crippen LogP contribution in [0.5, 0.6) is 0 Å². The van der Waals surface area contributed by atoms with E-state index in [1.807, 2.05) is 5.32 Å². The zero-order chi connectivity index (χ0) is 22.1. The second-order valence-electron chi connectivity index (χ2n) is 6.09. The molecule has 1 aromatic carbocycles. The number of aliphatic carboxylic acids is 1. The highest BCUT2D eigenvalue weighted by Gasteiger charge is 2.32. The largest absolute Gasteiger partial charge is 0.474 e. The zero-order valence-electron chi connectivity index (χ0n) is 14.9. The van der Waals surface area contributed by atoms with E-state index in [2.05, 4.69) is 4.98 Å². The van der Waals surface area contributed by atoms with Gasteiger partial charge in [-0.3, -0.25) is 23.9 Å². The van der Waals surface area contributed by atoms with Crippen molar-refractivity contribution in [1.29, 1.82) is 0 Å². The Hall–Kier alpha value is -4.02. The fourth-order valence-corrected chi connectivity index (χ4v) is 2.71. The molecule has 0 aliphatic heterocycles. The van der Waals surface area contributed by atoms with Crippen molar-refractivity contribution < 1.29 is 32.7 Å². The third-order valence-electron chi connectivity index (χ3n) is 4.18. The molecule has 2 aromatic heterocycles. The van der Waals surface area contributed by atoms with Crippen molar-refractivity contribution in [1.82, 2.24) is 14.9 Å². The quantitative estimate of drug-likeness (QED) is 0.493. The van der Waals surface area contributed by atoms with Crippen molar-refractivity contribution in [3.8, 4) is 0 Å². The monoisotopic (exact) mass is 419 g/mol. The Labute approximate surface area is 165 Å². The van der Waals surface area contributed by atoms with Crippen LogP contribution in [0, 0.1) is 0 Å². The van der Waals surface area contributed by atoms with Crippen LogP contribution in [-0.2, 0) is 15.8 Å². The van der Waals surface area contributed by atoms with E-state index in [-0.39, 0.29) is 11.1 Å². The molecule has 0 aliphatic rings. The lowest BCUT2D eigenvalue weighted by atomic mass is 10.1. The van der Waals surface area contributed by atoms with Gasteiger partial charge in [0.1, 0.15) is 5.52 Å². The lowest BCUT2D eigenvalue weighted by Crippen LogP contribution is -2.44. The molecule has 2 heterocycles. The van der Waals surface area contributed by atoms with Crippen LogP contribution in [0.15, 0.2) is 59.7 Å². The van der Waals surface area contributed by atoms with Gasteiger partial charge in [0.25, 0.3) is 5.56 Å². The summed E-state index contributed by atoms with van der Waals surface area (Å²) in [5, 5.41) is 11.2. The van der Waals surface area contributed by atoms with Gasteiger partial charge in [-0.1, -0.05) is 18.2 Å². The molecular weight excluding hydrogens is 407 g/mol. The summed E-state index contributed by atoms with van der Waals surface area (Å²) >= 11 is 0. The summed E-state index contributed by atoms with van der Waals surface area (Å²) in [6, 6.07) is 7.64. The topological polar surface area (TPSA) is 118 Å². The summed E-state index contributed by atoms with van der Waals surface area (Å²) in [6.45, 7) is 0. The standard InChI is InChI=1S/C19H12F3N3O5/c20-19(21,22)12-5-3-11(4-6-12)14(26)15(24-16(27)18(29)30)25-9-7-10-2-1-8-23-13(10)17(25)28/h1-9,15H,(H,24,27)(H,29,30). The van der Waals surface area contributed by atoms with Crippen LogP contribution in [-0.4, -0.2) is 32.3 Å². The molecule has 0 bridgehead atoms. The van der Waals surface area contributed by atoms with Gasteiger partial charge in [-0.15, -0.1) is 0 Å². The predicted octanol–water partition coefficient (Wildman–Crippen LogP) is 2.00. The van der Waals surface area contributed by atoms with E-state index in [4.69, 9.17) is 5.11 Å². The van der Waals surface area contributed by atoms with Crippen molar-refractivity contribution in [2.24, 2.45) is 0 Å². The van der Waals surface area contributed by atoms with Gasteiger partial charge in [-0.25, -0.2) is 4.79 Å². The number of Topliss-reactive ketones (excluding diaryl/α,β-unsaturated/α-hetero) is 1. The minimum Gasteiger partial charge on any atom is -0.474 e. The van der Waals surface area contributed by atoms with Crippen molar-refractivity contribution in [3.05, 3.63) is 76.3 Å². The highest BCUT2D eigenvalue weighted by atomic mass is 19.4. The summed E-state index contributed by atoms with van der Waals surface area (Å²) in [4.78, 5) is 52.1. The number of nitrogens with zero attached hydrogens (tertiary/aromatic N) is 2. The number of hydrogen-bond donors (Lipinski definition) is 2. The molecule has 2 N–H and O–H groups in total. The molecule has 0 fully saturated rings. The molecule has 1 amide bonds. The molecule has 0 spiro atoms. The van der Waals surface area contributed by atoms with E-state index >= 15 is 0 Å². The molecule has 11 heteroatoms. The molecule has 154 valence electrons. The molecule has 0 aliphatic carbocycles. The maximum Gasteiger partial charge on any atom is 0.416 e.